The maximum absolute atomic E-state index is 12.6. The van der Waals surface area contributed by atoms with E-state index in [4.69, 9.17) is 0 Å². The van der Waals surface area contributed by atoms with E-state index in [0.29, 0.717) is 11.1 Å². The minimum absolute atomic E-state index is 0.117. The molecule has 0 saturated heterocycles. The number of benzene rings is 2. The van der Waals surface area contributed by atoms with E-state index in [1.165, 1.54) is 0 Å². The number of amides is 1. The van der Waals surface area contributed by atoms with Crippen molar-refractivity contribution in [1.82, 2.24) is 4.90 Å². The first-order valence-corrected chi connectivity index (χ1v) is 6.76. The fourth-order valence-electron chi connectivity index (χ4n) is 2.20. The molecule has 4 heteroatoms. The van der Waals surface area contributed by atoms with Crippen LogP contribution in [0.15, 0.2) is 42.5 Å². The summed E-state index contributed by atoms with van der Waals surface area (Å²) in [6.07, 6.45) is 0. The predicted molar refractivity (Wildman–Crippen MR) is 81.5 cm³/mol. The molecular formula is C17H19NO3. The lowest BCUT2D eigenvalue weighted by molar-refractivity contribution is 0.0741. The quantitative estimate of drug-likeness (QED) is 0.910. The van der Waals surface area contributed by atoms with Gasteiger partial charge in [0, 0.05) is 18.2 Å². The fourth-order valence-corrected chi connectivity index (χ4v) is 2.20. The minimum Gasteiger partial charge on any atom is -0.508 e. The summed E-state index contributed by atoms with van der Waals surface area (Å²) in [5, 5.41) is 19.0. The maximum Gasteiger partial charge on any atom is 0.254 e. The van der Waals surface area contributed by atoms with Gasteiger partial charge in [-0.3, -0.25) is 4.79 Å². The molecule has 0 bridgehead atoms. The van der Waals surface area contributed by atoms with Crippen LogP contribution in [0.1, 0.15) is 34.5 Å². The lowest BCUT2D eigenvalue weighted by atomic mass is 10.0. The Morgan fingerprint density at radius 2 is 1.71 bits per heavy atom. The average molecular weight is 285 g/mol. The third-order valence-corrected chi connectivity index (χ3v) is 3.81. The van der Waals surface area contributed by atoms with Crippen LogP contribution in [-0.2, 0) is 0 Å². The Morgan fingerprint density at radius 1 is 1.10 bits per heavy atom. The molecule has 1 unspecified atom stereocenters. The standard InChI is InChI=1S/C17H19NO3/c1-11-15(5-4-6-16(11)20)17(21)18(3)12(2)13-7-9-14(19)10-8-13/h4-10,12,19-20H,1-3H3. The summed E-state index contributed by atoms with van der Waals surface area (Å²) in [7, 11) is 1.73. The summed E-state index contributed by atoms with van der Waals surface area (Å²) in [5.74, 6) is 0.166. The van der Waals surface area contributed by atoms with Crippen LogP contribution in [0.2, 0.25) is 0 Å². The van der Waals surface area contributed by atoms with Crippen molar-refractivity contribution in [2.45, 2.75) is 19.9 Å². The number of phenols is 2. The van der Waals surface area contributed by atoms with Gasteiger partial charge in [-0.15, -0.1) is 0 Å². The van der Waals surface area contributed by atoms with Gasteiger partial charge in [0.05, 0.1) is 6.04 Å². The molecule has 0 fully saturated rings. The van der Waals surface area contributed by atoms with E-state index < -0.39 is 0 Å². The maximum atomic E-state index is 12.6. The van der Waals surface area contributed by atoms with Gasteiger partial charge in [0.1, 0.15) is 11.5 Å². The molecule has 0 aromatic heterocycles. The fraction of sp³-hybridized carbons (Fsp3) is 0.235. The highest BCUT2D eigenvalue weighted by Crippen LogP contribution is 2.25. The lowest BCUT2D eigenvalue weighted by Gasteiger charge is -2.26. The molecule has 2 aromatic carbocycles. The van der Waals surface area contributed by atoms with Gasteiger partial charge in [-0.1, -0.05) is 18.2 Å². The molecule has 0 spiro atoms. The smallest absolute Gasteiger partial charge is 0.254 e. The highest BCUT2D eigenvalue weighted by molar-refractivity contribution is 5.96. The van der Waals surface area contributed by atoms with Gasteiger partial charge in [0.15, 0.2) is 0 Å². The number of rotatable bonds is 3. The molecule has 21 heavy (non-hydrogen) atoms. The van der Waals surface area contributed by atoms with E-state index in [-0.39, 0.29) is 23.4 Å². The largest absolute Gasteiger partial charge is 0.508 e. The van der Waals surface area contributed by atoms with Crippen molar-refractivity contribution in [2.24, 2.45) is 0 Å². The molecule has 2 rings (SSSR count). The van der Waals surface area contributed by atoms with Crippen molar-refractivity contribution >= 4 is 5.91 Å². The van der Waals surface area contributed by atoms with Crippen molar-refractivity contribution in [3.05, 3.63) is 59.2 Å². The molecule has 4 nitrogen and oxygen atoms in total. The Labute approximate surface area is 124 Å². The van der Waals surface area contributed by atoms with Crippen molar-refractivity contribution < 1.29 is 15.0 Å². The summed E-state index contributed by atoms with van der Waals surface area (Å²) >= 11 is 0. The van der Waals surface area contributed by atoms with E-state index >= 15 is 0 Å². The zero-order chi connectivity index (χ0) is 15.6. The Hall–Kier alpha value is -2.49. The SMILES string of the molecule is Cc1c(O)cccc1C(=O)N(C)C(C)c1ccc(O)cc1. The van der Waals surface area contributed by atoms with Crippen LogP contribution < -0.4 is 0 Å². The Bertz CT molecular complexity index is 650. The second-order valence-electron chi connectivity index (χ2n) is 5.13. The van der Waals surface area contributed by atoms with Gasteiger partial charge in [-0.2, -0.15) is 0 Å². The monoisotopic (exact) mass is 285 g/mol. The van der Waals surface area contributed by atoms with Crippen LogP contribution in [0.5, 0.6) is 11.5 Å². The van der Waals surface area contributed by atoms with Crippen molar-refractivity contribution in [3.63, 3.8) is 0 Å². The first-order chi connectivity index (χ1) is 9.91. The average Bonchev–Trinajstić information content (AvgIpc) is 2.48. The van der Waals surface area contributed by atoms with Gasteiger partial charge < -0.3 is 15.1 Å². The highest BCUT2D eigenvalue weighted by atomic mass is 16.3. The number of carbonyl (C=O) groups excluding carboxylic acids is 1. The normalized spacial score (nSPS) is 12.0. The van der Waals surface area contributed by atoms with Crippen molar-refractivity contribution in [1.29, 1.82) is 0 Å². The number of nitrogens with zero attached hydrogens (tertiary/aromatic N) is 1. The van der Waals surface area contributed by atoms with E-state index in [1.807, 2.05) is 6.92 Å². The van der Waals surface area contributed by atoms with E-state index in [2.05, 4.69) is 0 Å². The summed E-state index contributed by atoms with van der Waals surface area (Å²) in [4.78, 5) is 14.2. The second-order valence-corrected chi connectivity index (χ2v) is 5.13. The zero-order valence-electron chi connectivity index (χ0n) is 12.4. The highest BCUT2D eigenvalue weighted by Gasteiger charge is 2.21. The third-order valence-electron chi connectivity index (χ3n) is 3.81. The molecule has 1 amide bonds. The molecule has 2 aromatic rings. The van der Waals surface area contributed by atoms with Gasteiger partial charge in [-0.25, -0.2) is 0 Å². The molecular weight excluding hydrogens is 266 g/mol. The lowest BCUT2D eigenvalue weighted by Crippen LogP contribution is -2.30. The molecule has 1 atom stereocenters. The molecule has 0 radical (unpaired) electrons. The first-order valence-electron chi connectivity index (χ1n) is 6.76. The zero-order valence-corrected chi connectivity index (χ0v) is 12.4. The molecule has 0 aliphatic rings. The molecule has 0 saturated carbocycles. The predicted octanol–water partition coefficient (Wildman–Crippen LogP) is 3.24. The van der Waals surface area contributed by atoms with Crippen LogP contribution in [0.25, 0.3) is 0 Å². The Morgan fingerprint density at radius 3 is 2.33 bits per heavy atom. The van der Waals surface area contributed by atoms with Gasteiger partial charge in [-0.05, 0) is 43.7 Å². The second kappa shape index (κ2) is 5.87. The molecule has 2 N–H and O–H groups in total. The molecule has 0 aliphatic heterocycles. The van der Waals surface area contributed by atoms with Crippen LogP contribution in [-0.4, -0.2) is 28.1 Å². The van der Waals surface area contributed by atoms with E-state index in [9.17, 15) is 15.0 Å². The number of hydrogen-bond donors (Lipinski definition) is 2. The summed E-state index contributed by atoms with van der Waals surface area (Å²) in [5.41, 5.74) is 2.00. The van der Waals surface area contributed by atoms with Crippen LogP contribution in [0.3, 0.4) is 0 Å². The van der Waals surface area contributed by atoms with Crippen molar-refractivity contribution in [2.75, 3.05) is 7.05 Å². The topological polar surface area (TPSA) is 60.8 Å². The van der Waals surface area contributed by atoms with Gasteiger partial charge in [0.2, 0.25) is 0 Å². The number of aromatic hydroxyl groups is 2. The van der Waals surface area contributed by atoms with E-state index in [0.717, 1.165) is 5.56 Å². The van der Waals surface area contributed by atoms with Crippen molar-refractivity contribution in [3.8, 4) is 11.5 Å². The van der Waals surface area contributed by atoms with Gasteiger partial charge >= 0.3 is 0 Å². The van der Waals surface area contributed by atoms with Crippen LogP contribution in [0, 0.1) is 6.92 Å². The Balaban J connectivity index is 2.26. The first kappa shape index (κ1) is 14.9. The number of carbonyl (C=O) groups is 1. The third kappa shape index (κ3) is 2.99. The number of phenolic OH excluding ortho intramolecular Hbond substituents is 2. The van der Waals surface area contributed by atoms with E-state index in [1.54, 1.807) is 61.3 Å². The summed E-state index contributed by atoms with van der Waals surface area (Å²) < 4.78 is 0. The summed E-state index contributed by atoms with van der Waals surface area (Å²) in [6, 6.07) is 11.6. The number of hydrogen-bond acceptors (Lipinski definition) is 3. The van der Waals surface area contributed by atoms with Gasteiger partial charge in [0.25, 0.3) is 5.91 Å². The van der Waals surface area contributed by atoms with Crippen LogP contribution in [0.4, 0.5) is 0 Å². The molecule has 110 valence electrons. The Kier molecular flexibility index (Phi) is 4.17. The molecule has 0 aliphatic carbocycles. The minimum atomic E-state index is -0.149. The van der Waals surface area contributed by atoms with Crippen LogP contribution >= 0.6 is 0 Å². The summed E-state index contributed by atoms with van der Waals surface area (Å²) in [6.45, 7) is 3.64. The molecule has 0 heterocycles.